The third-order valence-corrected chi connectivity index (χ3v) is 4.57. The topological polar surface area (TPSA) is 38.3 Å². The molecular formula is C12H19NO2S. The first-order valence-electron chi connectivity index (χ1n) is 5.32. The van der Waals surface area contributed by atoms with Crippen LogP contribution in [0.3, 0.4) is 0 Å². The number of benzene rings is 1. The third kappa shape index (κ3) is 3.06. The van der Waals surface area contributed by atoms with E-state index in [0.717, 1.165) is 10.6 Å². The average Bonchev–Trinajstić information content (AvgIpc) is 2.36. The summed E-state index contributed by atoms with van der Waals surface area (Å²) in [6.07, 6.45) is 0. The first-order valence-corrected chi connectivity index (χ1v) is 6.53. The maximum atomic E-state index is 12.2. The van der Waals surface area contributed by atoms with Crippen LogP contribution < -0.4 is 10.1 Å². The quantitative estimate of drug-likeness (QED) is 0.854. The minimum Gasteiger partial charge on any atom is -0.497 e. The highest BCUT2D eigenvalue weighted by Crippen LogP contribution is 2.19. The highest BCUT2D eigenvalue weighted by atomic mass is 32.2. The molecule has 0 radical (unpaired) electrons. The molecule has 3 unspecified atom stereocenters. The predicted octanol–water partition coefficient (Wildman–Crippen LogP) is 1.80. The van der Waals surface area contributed by atoms with Crippen LogP contribution in [0.4, 0.5) is 0 Å². The Hall–Kier alpha value is -0.870. The van der Waals surface area contributed by atoms with E-state index in [9.17, 15) is 4.21 Å². The molecule has 0 aliphatic rings. The molecule has 0 amide bonds. The molecular weight excluding hydrogens is 222 g/mol. The van der Waals surface area contributed by atoms with Gasteiger partial charge in [0, 0.05) is 10.9 Å². The lowest BCUT2D eigenvalue weighted by atomic mass is 10.3. The molecule has 0 aliphatic carbocycles. The maximum Gasteiger partial charge on any atom is 0.120 e. The summed E-state index contributed by atoms with van der Waals surface area (Å²) < 4.78 is 17.4. The van der Waals surface area contributed by atoms with E-state index in [-0.39, 0.29) is 11.3 Å². The number of rotatable bonds is 5. The van der Waals surface area contributed by atoms with Gasteiger partial charge >= 0.3 is 0 Å². The molecule has 3 nitrogen and oxygen atoms in total. The zero-order chi connectivity index (χ0) is 12.1. The molecule has 0 aromatic heterocycles. The van der Waals surface area contributed by atoms with Gasteiger partial charge in [-0.25, -0.2) is 0 Å². The van der Waals surface area contributed by atoms with E-state index < -0.39 is 10.8 Å². The maximum absolute atomic E-state index is 12.2. The molecule has 0 saturated carbocycles. The monoisotopic (exact) mass is 241 g/mol. The van der Waals surface area contributed by atoms with Gasteiger partial charge in [0.2, 0.25) is 0 Å². The minimum absolute atomic E-state index is 0.0668. The summed E-state index contributed by atoms with van der Waals surface area (Å²) >= 11 is 0. The van der Waals surface area contributed by atoms with Gasteiger partial charge in [-0.1, -0.05) is 6.07 Å². The fourth-order valence-electron chi connectivity index (χ4n) is 1.36. The summed E-state index contributed by atoms with van der Waals surface area (Å²) in [6.45, 7) is 4.01. The number of methoxy groups -OCH3 is 1. The van der Waals surface area contributed by atoms with Gasteiger partial charge in [0.1, 0.15) is 5.75 Å². The smallest absolute Gasteiger partial charge is 0.120 e. The Kier molecular flexibility index (Phi) is 4.96. The molecule has 0 bridgehead atoms. The van der Waals surface area contributed by atoms with E-state index in [1.165, 1.54) is 0 Å². The van der Waals surface area contributed by atoms with Crippen molar-refractivity contribution in [2.45, 2.75) is 30.0 Å². The van der Waals surface area contributed by atoms with Crippen LogP contribution in [0, 0.1) is 0 Å². The lowest BCUT2D eigenvalue weighted by Gasteiger charge is -2.18. The van der Waals surface area contributed by atoms with Crippen LogP contribution in [-0.4, -0.2) is 29.7 Å². The number of nitrogens with one attached hydrogen (secondary N) is 1. The summed E-state index contributed by atoms with van der Waals surface area (Å²) in [5.41, 5.74) is 0. The van der Waals surface area contributed by atoms with E-state index >= 15 is 0 Å². The highest BCUT2D eigenvalue weighted by Gasteiger charge is 2.19. The van der Waals surface area contributed by atoms with Gasteiger partial charge in [-0.2, -0.15) is 0 Å². The fraction of sp³-hybridized carbons (Fsp3) is 0.500. The predicted molar refractivity (Wildman–Crippen MR) is 67.4 cm³/mol. The molecule has 0 spiro atoms. The second-order valence-electron chi connectivity index (χ2n) is 3.76. The molecule has 0 heterocycles. The summed E-state index contributed by atoms with van der Waals surface area (Å²) in [7, 11) is 2.48. The molecule has 3 atom stereocenters. The van der Waals surface area contributed by atoms with Crippen molar-refractivity contribution >= 4 is 10.8 Å². The van der Waals surface area contributed by atoms with Crippen LogP contribution >= 0.6 is 0 Å². The van der Waals surface area contributed by atoms with Gasteiger partial charge < -0.3 is 10.1 Å². The Morgan fingerprint density at radius 1 is 1.38 bits per heavy atom. The first-order chi connectivity index (χ1) is 7.60. The van der Waals surface area contributed by atoms with Crippen molar-refractivity contribution in [2.75, 3.05) is 14.2 Å². The zero-order valence-electron chi connectivity index (χ0n) is 10.2. The summed E-state index contributed by atoms with van der Waals surface area (Å²) in [5, 5.41) is 3.19. The van der Waals surface area contributed by atoms with Crippen molar-refractivity contribution in [3.63, 3.8) is 0 Å². The number of ether oxygens (including phenoxy) is 1. The van der Waals surface area contributed by atoms with Gasteiger partial charge in [0.25, 0.3) is 0 Å². The van der Waals surface area contributed by atoms with E-state index in [1.807, 2.05) is 45.2 Å². The van der Waals surface area contributed by atoms with Gasteiger partial charge in [-0.3, -0.25) is 4.21 Å². The molecule has 90 valence electrons. The first kappa shape index (κ1) is 13.2. The Morgan fingerprint density at radius 2 is 2.06 bits per heavy atom. The second kappa shape index (κ2) is 6.01. The van der Waals surface area contributed by atoms with Crippen molar-refractivity contribution in [1.29, 1.82) is 0 Å². The van der Waals surface area contributed by atoms with Crippen LogP contribution in [0.5, 0.6) is 5.75 Å². The van der Waals surface area contributed by atoms with E-state index in [2.05, 4.69) is 5.32 Å². The van der Waals surface area contributed by atoms with Crippen molar-refractivity contribution in [1.82, 2.24) is 5.32 Å². The van der Waals surface area contributed by atoms with E-state index in [0.29, 0.717) is 0 Å². The Balaban J connectivity index is 2.87. The molecule has 16 heavy (non-hydrogen) atoms. The molecule has 0 saturated heterocycles. The van der Waals surface area contributed by atoms with Crippen LogP contribution in [0.15, 0.2) is 29.2 Å². The van der Waals surface area contributed by atoms with Gasteiger partial charge in [0.05, 0.1) is 23.2 Å². The van der Waals surface area contributed by atoms with Gasteiger partial charge in [-0.15, -0.1) is 0 Å². The SMILES string of the molecule is CNC(C)C(C)S(=O)c1cccc(OC)c1. The number of hydrogen-bond acceptors (Lipinski definition) is 3. The average molecular weight is 241 g/mol. The van der Waals surface area contributed by atoms with Crippen molar-refractivity contribution in [2.24, 2.45) is 0 Å². The minimum atomic E-state index is -1.01. The van der Waals surface area contributed by atoms with Crippen LogP contribution in [0.1, 0.15) is 13.8 Å². The second-order valence-corrected chi connectivity index (χ2v) is 5.57. The lowest BCUT2D eigenvalue weighted by molar-refractivity contribution is 0.413. The lowest BCUT2D eigenvalue weighted by Crippen LogP contribution is -2.35. The van der Waals surface area contributed by atoms with Gasteiger partial charge in [0.15, 0.2) is 0 Å². The molecule has 1 aromatic carbocycles. The van der Waals surface area contributed by atoms with E-state index in [1.54, 1.807) is 7.11 Å². The van der Waals surface area contributed by atoms with Crippen LogP contribution in [-0.2, 0) is 10.8 Å². The van der Waals surface area contributed by atoms with Crippen LogP contribution in [0.25, 0.3) is 0 Å². The fourth-order valence-corrected chi connectivity index (χ4v) is 2.74. The molecule has 0 aliphatic heterocycles. The zero-order valence-corrected chi connectivity index (χ0v) is 11.0. The molecule has 1 rings (SSSR count). The van der Waals surface area contributed by atoms with Crippen molar-refractivity contribution in [3.8, 4) is 5.75 Å². The Labute approximate surface area is 99.7 Å². The van der Waals surface area contributed by atoms with Crippen molar-refractivity contribution in [3.05, 3.63) is 24.3 Å². The van der Waals surface area contributed by atoms with Crippen LogP contribution in [0.2, 0.25) is 0 Å². The Morgan fingerprint density at radius 3 is 2.62 bits per heavy atom. The van der Waals surface area contributed by atoms with E-state index in [4.69, 9.17) is 4.74 Å². The largest absolute Gasteiger partial charge is 0.497 e. The summed E-state index contributed by atoms with van der Waals surface area (Å²) in [5.74, 6) is 0.746. The summed E-state index contributed by atoms with van der Waals surface area (Å²) in [6, 6.07) is 7.63. The molecule has 1 N–H and O–H groups in total. The summed E-state index contributed by atoms with van der Waals surface area (Å²) in [4.78, 5) is 0.814. The van der Waals surface area contributed by atoms with Gasteiger partial charge in [-0.05, 0) is 39.1 Å². The molecule has 1 aromatic rings. The standard InChI is InChI=1S/C12H19NO2S/c1-9(13-3)10(2)16(14)12-7-5-6-11(8-12)15-4/h5-10,13H,1-4H3. The Bertz CT molecular complexity index is 368. The number of hydrogen-bond donors (Lipinski definition) is 1. The third-order valence-electron chi connectivity index (χ3n) is 2.77. The van der Waals surface area contributed by atoms with Crippen molar-refractivity contribution < 1.29 is 8.95 Å². The highest BCUT2D eigenvalue weighted by molar-refractivity contribution is 7.85. The normalized spacial score (nSPS) is 16.5. The molecule has 4 heteroatoms. The molecule has 0 fully saturated rings.